The Labute approximate surface area is 130 Å². The summed E-state index contributed by atoms with van der Waals surface area (Å²) in [6, 6.07) is 7.71. The van der Waals surface area contributed by atoms with Crippen LogP contribution in [0.1, 0.15) is 35.0 Å². The number of carbonyl (C=O) groups is 1. The summed E-state index contributed by atoms with van der Waals surface area (Å²) < 4.78 is 2.48. The van der Waals surface area contributed by atoms with Crippen molar-refractivity contribution in [1.29, 1.82) is 0 Å². The molecule has 0 amide bonds. The molecule has 6 heteroatoms. The quantitative estimate of drug-likeness (QED) is 0.880. The lowest BCUT2D eigenvalue weighted by molar-refractivity contribution is 0.0696. The maximum absolute atomic E-state index is 11.3. The lowest BCUT2D eigenvalue weighted by atomic mass is 10.2. The minimum absolute atomic E-state index is 0.112. The van der Waals surface area contributed by atoms with Crippen LogP contribution in [0.5, 0.6) is 0 Å². The Morgan fingerprint density at radius 1 is 1.45 bits per heavy atom. The molecule has 1 aromatic heterocycles. The van der Waals surface area contributed by atoms with Gasteiger partial charge in [-0.25, -0.2) is 9.48 Å². The minimum atomic E-state index is -1.03. The van der Waals surface area contributed by atoms with E-state index in [9.17, 15) is 9.90 Å². The molecule has 4 nitrogen and oxygen atoms in total. The molecule has 0 aliphatic rings. The van der Waals surface area contributed by atoms with Crippen LogP contribution in [0.2, 0.25) is 5.15 Å². The first-order valence-corrected chi connectivity index (χ1v) is 7.43. The molecule has 0 atom stereocenters. The number of benzene rings is 1. The van der Waals surface area contributed by atoms with E-state index in [4.69, 9.17) is 11.6 Å². The standard InChI is InChI=1S/C14H14BrClN2O2/c1-2-5-11-12(14(19)20)13(16)18(17-11)8-9-6-3-4-7-10(9)15/h3-4,6-7H,2,5,8H2,1H3,(H,19,20). The predicted octanol–water partition coefficient (Wildman–Crippen LogP) is 4.00. The predicted molar refractivity (Wildman–Crippen MR) is 81.4 cm³/mol. The fraction of sp³-hybridized carbons (Fsp3) is 0.286. The first-order chi connectivity index (χ1) is 9.54. The van der Waals surface area contributed by atoms with Crippen LogP contribution in [0.15, 0.2) is 28.7 Å². The first-order valence-electron chi connectivity index (χ1n) is 6.26. The summed E-state index contributed by atoms with van der Waals surface area (Å²) in [5, 5.41) is 13.8. The van der Waals surface area contributed by atoms with Crippen molar-refractivity contribution in [2.24, 2.45) is 0 Å². The number of aromatic carboxylic acids is 1. The Bertz CT molecular complexity index is 640. The molecule has 0 bridgehead atoms. The molecule has 0 radical (unpaired) electrons. The third-order valence-corrected chi connectivity index (χ3v) is 4.10. The minimum Gasteiger partial charge on any atom is -0.478 e. The van der Waals surface area contributed by atoms with Gasteiger partial charge in [0.1, 0.15) is 10.7 Å². The Morgan fingerprint density at radius 2 is 2.15 bits per heavy atom. The second-order valence-corrected chi connectivity index (χ2v) is 5.63. The van der Waals surface area contributed by atoms with Crippen LogP contribution >= 0.6 is 27.5 Å². The van der Waals surface area contributed by atoms with Gasteiger partial charge in [0.25, 0.3) is 0 Å². The number of aryl methyl sites for hydroxylation is 1. The van der Waals surface area contributed by atoms with Crippen molar-refractivity contribution < 1.29 is 9.90 Å². The van der Waals surface area contributed by atoms with E-state index in [1.165, 1.54) is 4.68 Å². The average Bonchev–Trinajstić information content (AvgIpc) is 2.69. The summed E-state index contributed by atoms with van der Waals surface area (Å²) >= 11 is 9.63. The van der Waals surface area contributed by atoms with Crippen LogP contribution in [0.25, 0.3) is 0 Å². The number of nitrogens with zero attached hydrogens (tertiary/aromatic N) is 2. The lowest BCUT2D eigenvalue weighted by Gasteiger charge is -2.05. The molecule has 1 aromatic carbocycles. The number of halogens is 2. The van der Waals surface area contributed by atoms with Crippen LogP contribution in [0.4, 0.5) is 0 Å². The van der Waals surface area contributed by atoms with Crippen molar-refractivity contribution >= 4 is 33.5 Å². The van der Waals surface area contributed by atoms with Crippen molar-refractivity contribution in [3.8, 4) is 0 Å². The summed E-state index contributed by atoms with van der Waals surface area (Å²) in [5.74, 6) is -1.03. The maximum Gasteiger partial charge on any atom is 0.340 e. The molecular formula is C14H14BrClN2O2. The van der Waals surface area contributed by atoms with Gasteiger partial charge in [-0.15, -0.1) is 0 Å². The lowest BCUT2D eigenvalue weighted by Crippen LogP contribution is -2.03. The fourth-order valence-corrected chi connectivity index (χ4v) is 2.70. The van der Waals surface area contributed by atoms with E-state index in [0.29, 0.717) is 18.7 Å². The summed E-state index contributed by atoms with van der Waals surface area (Å²) in [5.41, 5.74) is 1.65. The summed E-state index contributed by atoms with van der Waals surface area (Å²) in [4.78, 5) is 11.3. The number of rotatable bonds is 5. The smallest absolute Gasteiger partial charge is 0.340 e. The Morgan fingerprint density at radius 3 is 2.75 bits per heavy atom. The second-order valence-electron chi connectivity index (χ2n) is 4.42. The van der Waals surface area contributed by atoms with Gasteiger partial charge in [0.2, 0.25) is 0 Å². The monoisotopic (exact) mass is 356 g/mol. The highest BCUT2D eigenvalue weighted by Crippen LogP contribution is 2.24. The molecule has 0 aliphatic carbocycles. The van der Waals surface area contributed by atoms with E-state index in [-0.39, 0.29) is 10.7 Å². The van der Waals surface area contributed by atoms with E-state index >= 15 is 0 Å². The Kier molecular flexibility index (Phi) is 4.83. The van der Waals surface area contributed by atoms with Gasteiger partial charge in [-0.05, 0) is 18.1 Å². The first kappa shape index (κ1) is 15.1. The number of hydrogen-bond donors (Lipinski definition) is 1. The molecule has 106 valence electrons. The van der Waals surface area contributed by atoms with Crippen LogP contribution in [-0.4, -0.2) is 20.9 Å². The highest BCUT2D eigenvalue weighted by atomic mass is 79.9. The van der Waals surface area contributed by atoms with E-state index in [1.54, 1.807) is 0 Å². The Balaban J connectivity index is 2.40. The molecule has 0 aliphatic heterocycles. The van der Waals surface area contributed by atoms with E-state index in [1.807, 2.05) is 31.2 Å². The summed E-state index contributed by atoms with van der Waals surface area (Å²) in [7, 11) is 0. The molecule has 0 saturated carbocycles. The van der Waals surface area contributed by atoms with E-state index < -0.39 is 5.97 Å². The molecule has 1 heterocycles. The zero-order chi connectivity index (χ0) is 14.7. The molecule has 2 rings (SSSR count). The van der Waals surface area contributed by atoms with Crippen molar-refractivity contribution in [1.82, 2.24) is 9.78 Å². The van der Waals surface area contributed by atoms with Crippen molar-refractivity contribution in [3.05, 3.63) is 50.7 Å². The number of aromatic nitrogens is 2. The fourth-order valence-electron chi connectivity index (χ4n) is 2.00. The van der Waals surface area contributed by atoms with Crippen LogP contribution in [-0.2, 0) is 13.0 Å². The molecule has 20 heavy (non-hydrogen) atoms. The third kappa shape index (κ3) is 3.04. The molecule has 2 aromatic rings. The average molecular weight is 358 g/mol. The zero-order valence-corrected chi connectivity index (χ0v) is 13.3. The molecule has 0 spiro atoms. The van der Waals surface area contributed by atoms with Gasteiger partial charge in [0, 0.05) is 4.47 Å². The van der Waals surface area contributed by atoms with Gasteiger partial charge in [0.15, 0.2) is 0 Å². The van der Waals surface area contributed by atoms with Crippen molar-refractivity contribution in [2.45, 2.75) is 26.3 Å². The highest BCUT2D eigenvalue weighted by Gasteiger charge is 2.21. The molecule has 0 fully saturated rings. The van der Waals surface area contributed by atoms with Gasteiger partial charge in [0.05, 0.1) is 12.2 Å². The topological polar surface area (TPSA) is 55.1 Å². The maximum atomic E-state index is 11.3. The van der Waals surface area contributed by atoms with E-state index in [0.717, 1.165) is 16.5 Å². The Hall–Kier alpha value is -1.33. The van der Waals surface area contributed by atoms with Gasteiger partial charge in [-0.3, -0.25) is 0 Å². The molecule has 0 saturated heterocycles. The SMILES string of the molecule is CCCc1nn(Cc2ccccc2Br)c(Cl)c1C(=O)O. The number of carboxylic acids is 1. The van der Waals surface area contributed by atoms with Crippen LogP contribution in [0.3, 0.4) is 0 Å². The van der Waals surface area contributed by atoms with Gasteiger partial charge < -0.3 is 5.11 Å². The van der Waals surface area contributed by atoms with Crippen LogP contribution < -0.4 is 0 Å². The molecule has 1 N–H and O–H groups in total. The van der Waals surface area contributed by atoms with Gasteiger partial charge in [-0.2, -0.15) is 5.10 Å². The largest absolute Gasteiger partial charge is 0.478 e. The van der Waals surface area contributed by atoms with E-state index in [2.05, 4.69) is 21.0 Å². The van der Waals surface area contributed by atoms with Crippen molar-refractivity contribution in [2.75, 3.05) is 0 Å². The summed E-state index contributed by atoms with van der Waals surface area (Å²) in [6.45, 7) is 2.41. The van der Waals surface area contributed by atoms with Crippen molar-refractivity contribution in [3.63, 3.8) is 0 Å². The number of carboxylic acid groups (broad SMARTS) is 1. The van der Waals surface area contributed by atoms with Gasteiger partial charge in [-0.1, -0.05) is 59.1 Å². The molecular weight excluding hydrogens is 344 g/mol. The second kappa shape index (κ2) is 6.41. The summed E-state index contributed by atoms with van der Waals surface area (Å²) in [6.07, 6.45) is 1.42. The molecule has 0 unspecified atom stereocenters. The third-order valence-electron chi connectivity index (χ3n) is 2.94. The highest BCUT2D eigenvalue weighted by molar-refractivity contribution is 9.10. The van der Waals surface area contributed by atoms with Gasteiger partial charge >= 0.3 is 5.97 Å². The van der Waals surface area contributed by atoms with Crippen LogP contribution in [0, 0.1) is 0 Å². The normalized spacial score (nSPS) is 10.8. The number of hydrogen-bond acceptors (Lipinski definition) is 2. The zero-order valence-electron chi connectivity index (χ0n) is 10.9.